The van der Waals surface area contributed by atoms with Crippen molar-refractivity contribution >= 4 is 0 Å². The van der Waals surface area contributed by atoms with E-state index in [1.54, 1.807) is 12.1 Å². The highest BCUT2D eigenvalue weighted by atomic mass is 19.4. The van der Waals surface area contributed by atoms with Crippen molar-refractivity contribution in [3.05, 3.63) is 35.4 Å². The zero-order chi connectivity index (χ0) is 14.8. The van der Waals surface area contributed by atoms with Crippen molar-refractivity contribution in [3.8, 4) is 0 Å². The first kappa shape index (κ1) is 15.3. The molecule has 1 aromatic carbocycles. The lowest BCUT2D eigenvalue weighted by Gasteiger charge is -2.33. The Morgan fingerprint density at radius 2 is 1.95 bits per heavy atom. The average molecular weight is 286 g/mol. The summed E-state index contributed by atoms with van der Waals surface area (Å²) in [5.74, 6) is 0. The van der Waals surface area contributed by atoms with Gasteiger partial charge in [0.1, 0.15) is 0 Å². The highest BCUT2D eigenvalue weighted by Gasteiger charge is 2.31. The van der Waals surface area contributed by atoms with Gasteiger partial charge < -0.3 is 5.32 Å². The highest BCUT2D eigenvalue weighted by molar-refractivity contribution is 5.26. The number of alkyl halides is 3. The van der Waals surface area contributed by atoms with Gasteiger partial charge in [-0.15, -0.1) is 0 Å². The van der Waals surface area contributed by atoms with E-state index in [-0.39, 0.29) is 6.04 Å². The van der Waals surface area contributed by atoms with Gasteiger partial charge in [0.25, 0.3) is 0 Å². The lowest BCUT2D eigenvalue weighted by Crippen LogP contribution is -2.38. The van der Waals surface area contributed by atoms with Crippen molar-refractivity contribution in [3.63, 3.8) is 0 Å². The van der Waals surface area contributed by atoms with Gasteiger partial charge in [0.2, 0.25) is 0 Å². The van der Waals surface area contributed by atoms with Crippen LogP contribution in [-0.2, 0) is 6.18 Å². The van der Waals surface area contributed by atoms with Gasteiger partial charge in [0.05, 0.1) is 5.56 Å². The van der Waals surface area contributed by atoms with Gasteiger partial charge in [-0.2, -0.15) is 13.2 Å². The number of halogens is 3. The van der Waals surface area contributed by atoms with E-state index in [4.69, 9.17) is 0 Å². The lowest BCUT2D eigenvalue weighted by molar-refractivity contribution is -0.137. The molecule has 0 spiro atoms. The minimum absolute atomic E-state index is 0.132. The van der Waals surface area contributed by atoms with Crippen molar-refractivity contribution in [1.82, 2.24) is 10.2 Å². The largest absolute Gasteiger partial charge is 0.416 e. The molecule has 0 saturated carbocycles. The minimum Gasteiger partial charge on any atom is -0.315 e. The normalized spacial score (nSPS) is 21.4. The van der Waals surface area contributed by atoms with Crippen LogP contribution in [0.5, 0.6) is 0 Å². The van der Waals surface area contributed by atoms with E-state index in [1.165, 1.54) is 12.1 Å². The zero-order valence-corrected chi connectivity index (χ0v) is 11.9. The molecule has 0 bridgehead atoms. The zero-order valence-electron chi connectivity index (χ0n) is 11.9. The van der Waals surface area contributed by atoms with Gasteiger partial charge in [-0.05, 0) is 44.1 Å². The third-order valence-electron chi connectivity index (χ3n) is 4.09. The summed E-state index contributed by atoms with van der Waals surface area (Å²) in [5, 5.41) is 3.33. The fourth-order valence-corrected chi connectivity index (χ4v) is 2.91. The van der Waals surface area contributed by atoms with Crippen LogP contribution in [0.4, 0.5) is 13.2 Å². The second kappa shape index (κ2) is 6.14. The standard InChI is InChI=1S/C15H21F3N2/c1-3-20(14-8-9-19-10-14)11(2)12-4-6-13(7-5-12)15(16,17)18/h4-7,11,14,19H,3,8-10H2,1-2H3. The molecule has 1 aliphatic heterocycles. The molecule has 2 atom stereocenters. The third-order valence-corrected chi connectivity index (χ3v) is 4.09. The molecule has 2 nitrogen and oxygen atoms in total. The van der Waals surface area contributed by atoms with E-state index in [1.807, 2.05) is 0 Å². The quantitative estimate of drug-likeness (QED) is 0.912. The van der Waals surface area contributed by atoms with E-state index in [9.17, 15) is 13.2 Å². The first-order valence-corrected chi connectivity index (χ1v) is 7.07. The van der Waals surface area contributed by atoms with Gasteiger partial charge >= 0.3 is 6.18 Å². The molecule has 5 heteroatoms. The number of hydrogen-bond acceptors (Lipinski definition) is 2. The van der Waals surface area contributed by atoms with E-state index < -0.39 is 11.7 Å². The van der Waals surface area contributed by atoms with Crippen molar-refractivity contribution in [1.29, 1.82) is 0 Å². The maximum Gasteiger partial charge on any atom is 0.416 e. The first-order valence-electron chi connectivity index (χ1n) is 7.07. The van der Waals surface area contributed by atoms with Crippen molar-refractivity contribution in [2.45, 2.75) is 38.5 Å². The number of benzene rings is 1. The molecule has 1 fully saturated rings. The molecule has 112 valence electrons. The fourth-order valence-electron chi connectivity index (χ4n) is 2.91. The maximum atomic E-state index is 12.6. The number of hydrogen-bond donors (Lipinski definition) is 1. The maximum absolute atomic E-state index is 12.6. The monoisotopic (exact) mass is 286 g/mol. The van der Waals surface area contributed by atoms with Crippen LogP contribution in [0, 0.1) is 0 Å². The molecule has 2 unspecified atom stereocenters. The van der Waals surface area contributed by atoms with Crippen molar-refractivity contribution in [2.24, 2.45) is 0 Å². The smallest absolute Gasteiger partial charge is 0.315 e. The molecule has 1 heterocycles. The summed E-state index contributed by atoms with van der Waals surface area (Å²) in [6.45, 7) is 7.03. The highest BCUT2D eigenvalue weighted by Crippen LogP contribution is 2.31. The second-order valence-corrected chi connectivity index (χ2v) is 5.27. The van der Waals surface area contributed by atoms with Gasteiger partial charge in [-0.1, -0.05) is 19.1 Å². The molecule has 2 rings (SSSR count). The molecular weight excluding hydrogens is 265 g/mol. The van der Waals surface area contributed by atoms with Gasteiger partial charge in [-0.3, -0.25) is 4.90 Å². The predicted molar refractivity (Wildman–Crippen MR) is 73.5 cm³/mol. The molecule has 1 N–H and O–H groups in total. The molecule has 1 aliphatic rings. The van der Waals surface area contributed by atoms with E-state index in [2.05, 4.69) is 24.1 Å². The van der Waals surface area contributed by atoms with E-state index in [0.29, 0.717) is 6.04 Å². The van der Waals surface area contributed by atoms with E-state index in [0.717, 1.165) is 31.6 Å². The summed E-state index contributed by atoms with van der Waals surface area (Å²) in [6.07, 6.45) is -3.17. The molecule has 0 aromatic heterocycles. The van der Waals surface area contributed by atoms with Crippen molar-refractivity contribution < 1.29 is 13.2 Å². The third kappa shape index (κ3) is 3.33. The van der Waals surface area contributed by atoms with Crippen LogP contribution in [-0.4, -0.2) is 30.6 Å². The number of likely N-dealkylation sites (N-methyl/N-ethyl adjacent to an activating group) is 1. The lowest BCUT2D eigenvalue weighted by atomic mass is 10.0. The van der Waals surface area contributed by atoms with Gasteiger partial charge in [0.15, 0.2) is 0 Å². The van der Waals surface area contributed by atoms with Gasteiger partial charge in [0, 0.05) is 18.6 Å². The molecule has 20 heavy (non-hydrogen) atoms. The molecule has 1 aromatic rings. The van der Waals surface area contributed by atoms with Gasteiger partial charge in [-0.25, -0.2) is 0 Å². The number of rotatable bonds is 4. The fraction of sp³-hybridized carbons (Fsp3) is 0.600. The summed E-state index contributed by atoms with van der Waals surface area (Å²) < 4.78 is 37.7. The summed E-state index contributed by atoms with van der Waals surface area (Å²) in [4.78, 5) is 2.35. The Bertz CT molecular complexity index is 422. The molecule has 0 amide bonds. The molecule has 0 aliphatic carbocycles. The second-order valence-electron chi connectivity index (χ2n) is 5.27. The van der Waals surface area contributed by atoms with Crippen LogP contribution in [0.2, 0.25) is 0 Å². The Hall–Kier alpha value is -1.07. The van der Waals surface area contributed by atoms with Crippen LogP contribution in [0.1, 0.15) is 37.4 Å². The van der Waals surface area contributed by atoms with Crippen LogP contribution >= 0.6 is 0 Å². The van der Waals surface area contributed by atoms with Crippen LogP contribution in [0.15, 0.2) is 24.3 Å². The Morgan fingerprint density at radius 1 is 1.30 bits per heavy atom. The topological polar surface area (TPSA) is 15.3 Å². The Morgan fingerprint density at radius 3 is 2.40 bits per heavy atom. The Labute approximate surface area is 118 Å². The summed E-state index contributed by atoms with van der Waals surface area (Å²) >= 11 is 0. The number of nitrogens with one attached hydrogen (secondary N) is 1. The van der Waals surface area contributed by atoms with E-state index >= 15 is 0 Å². The van der Waals surface area contributed by atoms with Crippen LogP contribution in [0.25, 0.3) is 0 Å². The molecule has 0 radical (unpaired) electrons. The van der Waals surface area contributed by atoms with Crippen LogP contribution < -0.4 is 5.32 Å². The Balaban J connectivity index is 2.13. The predicted octanol–water partition coefficient (Wildman–Crippen LogP) is 3.45. The van der Waals surface area contributed by atoms with Crippen LogP contribution in [0.3, 0.4) is 0 Å². The summed E-state index contributed by atoms with van der Waals surface area (Å²) in [7, 11) is 0. The minimum atomic E-state index is -4.26. The first-order chi connectivity index (χ1) is 9.43. The summed E-state index contributed by atoms with van der Waals surface area (Å²) in [6, 6.07) is 6.14. The summed E-state index contributed by atoms with van der Waals surface area (Å²) in [5.41, 5.74) is 0.353. The molecule has 1 saturated heterocycles. The Kier molecular flexibility index (Phi) is 4.70. The molecular formula is C15H21F3N2. The van der Waals surface area contributed by atoms with Crippen molar-refractivity contribution in [2.75, 3.05) is 19.6 Å². The average Bonchev–Trinajstić information content (AvgIpc) is 2.92. The SMILES string of the molecule is CCN(C1CCNC1)C(C)c1ccc(C(F)(F)F)cc1. The number of nitrogens with zero attached hydrogens (tertiary/aromatic N) is 1.